The zero-order chi connectivity index (χ0) is 13.1. The summed E-state index contributed by atoms with van der Waals surface area (Å²) in [6, 6.07) is 6.08. The predicted octanol–water partition coefficient (Wildman–Crippen LogP) is 3.93. The fraction of sp³-hybridized carbons (Fsp3) is 0.308. The van der Waals surface area contributed by atoms with Gasteiger partial charge in [0.1, 0.15) is 11.5 Å². The molecule has 0 fully saturated rings. The maximum absolute atomic E-state index is 13.3. The second-order valence-electron chi connectivity index (χ2n) is 4.14. The van der Waals surface area contributed by atoms with Crippen LogP contribution in [0.1, 0.15) is 31.6 Å². The molecule has 1 atom stereocenters. The van der Waals surface area contributed by atoms with Gasteiger partial charge in [-0.2, -0.15) is 0 Å². The van der Waals surface area contributed by atoms with E-state index in [2.05, 4.69) is 5.16 Å². The van der Waals surface area contributed by atoms with E-state index >= 15 is 0 Å². The molecule has 2 rings (SSSR count). The summed E-state index contributed by atoms with van der Waals surface area (Å²) in [4.78, 5) is 0. The van der Waals surface area contributed by atoms with Crippen LogP contribution in [0.25, 0.3) is 11.3 Å². The highest BCUT2D eigenvalue weighted by Gasteiger charge is 2.13. The van der Waals surface area contributed by atoms with Gasteiger partial charge in [0.15, 0.2) is 5.76 Å². The van der Waals surface area contributed by atoms with Gasteiger partial charge in [-0.15, -0.1) is 0 Å². The van der Waals surface area contributed by atoms with Crippen LogP contribution in [0, 0.1) is 5.82 Å². The summed E-state index contributed by atoms with van der Waals surface area (Å²) >= 11 is 5.63. The van der Waals surface area contributed by atoms with Crippen molar-refractivity contribution in [2.75, 3.05) is 0 Å². The first kappa shape index (κ1) is 13.1. The molecule has 1 heterocycles. The lowest BCUT2D eigenvalue weighted by atomic mass is 10.1. The molecule has 0 saturated carbocycles. The van der Waals surface area contributed by atoms with E-state index in [4.69, 9.17) is 21.9 Å². The number of hydrogen-bond donors (Lipinski definition) is 1. The fourth-order valence-corrected chi connectivity index (χ4v) is 1.83. The number of aromatic nitrogens is 1. The molecule has 0 aliphatic rings. The zero-order valence-corrected chi connectivity index (χ0v) is 10.7. The van der Waals surface area contributed by atoms with Gasteiger partial charge in [0.2, 0.25) is 0 Å². The Labute approximate surface area is 110 Å². The molecule has 18 heavy (non-hydrogen) atoms. The summed E-state index contributed by atoms with van der Waals surface area (Å²) in [6.45, 7) is 2.05. The first-order valence-electron chi connectivity index (χ1n) is 5.79. The average Bonchev–Trinajstić information content (AvgIpc) is 2.82. The van der Waals surface area contributed by atoms with Crippen molar-refractivity contribution < 1.29 is 8.91 Å². The van der Waals surface area contributed by atoms with E-state index in [1.165, 1.54) is 12.1 Å². The normalized spacial score (nSPS) is 12.7. The van der Waals surface area contributed by atoms with E-state index in [9.17, 15) is 4.39 Å². The predicted molar refractivity (Wildman–Crippen MR) is 68.7 cm³/mol. The van der Waals surface area contributed by atoms with E-state index in [1.54, 1.807) is 12.1 Å². The minimum absolute atomic E-state index is 0.0881. The molecule has 0 aliphatic heterocycles. The van der Waals surface area contributed by atoms with Crippen LogP contribution in [0.3, 0.4) is 0 Å². The van der Waals surface area contributed by atoms with Gasteiger partial charge in [0.25, 0.3) is 0 Å². The van der Waals surface area contributed by atoms with Crippen molar-refractivity contribution in [1.29, 1.82) is 0 Å². The number of rotatable bonds is 4. The van der Waals surface area contributed by atoms with Crippen LogP contribution < -0.4 is 5.73 Å². The van der Waals surface area contributed by atoms with Gasteiger partial charge in [-0.05, 0) is 18.6 Å². The summed E-state index contributed by atoms with van der Waals surface area (Å²) in [5.74, 6) is 0.138. The fourth-order valence-electron chi connectivity index (χ4n) is 1.71. The van der Waals surface area contributed by atoms with E-state index in [0.717, 1.165) is 12.8 Å². The second kappa shape index (κ2) is 5.50. The third-order valence-corrected chi connectivity index (χ3v) is 3.02. The molecule has 1 aromatic carbocycles. The Bertz CT molecular complexity index is 542. The quantitative estimate of drug-likeness (QED) is 0.914. The lowest BCUT2D eigenvalue weighted by molar-refractivity contribution is 0.356. The summed E-state index contributed by atoms with van der Waals surface area (Å²) in [5, 5.41) is 3.98. The van der Waals surface area contributed by atoms with E-state index in [1.807, 2.05) is 6.92 Å². The largest absolute Gasteiger partial charge is 0.359 e. The zero-order valence-electron chi connectivity index (χ0n) is 9.99. The molecule has 0 radical (unpaired) electrons. The monoisotopic (exact) mass is 268 g/mol. The molecular weight excluding hydrogens is 255 g/mol. The minimum atomic E-state index is -0.475. The summed E-state index contributed by atoms with van der Waals surface area (Å²) in [5.41, 5.74) is 7.11. The Morgan fingerprint density at radius 1 is 1.44 bits per heavy atom. The van der Waals surface area contributed by atoms with Gasteiger partial charge in [-0.3, -0.25) is 0 Å². The van der Waals surface area contributed by atoms with Crippen molar-refractivity contribution in [3.63, 3.8) is 0 Å². The third-order valence-electron chi connectivity index (χ3n) is 2.71. The summed E-state index contributed by atoms with van der Waals surface area (Å²) < 4.78 is 18.5. The molecular formula is C13H14ClFN2O. The topological polar surface area (TPSA) is 52.0 Å². The highest BCUT2D eigenvalue weighted by atomic mass is 35.5. The highest BCUT2D eigenvalue weighted by Crippen LogP contribution is 2.26. The van der Waals surface area contributed by atoms with E-state index in [-0.39, 0.29) is 11.1 Å². The van der Waals surface area contributed by atoms with Crippen molar-refractivity contribution in [3.05, 3.63) is 40.9 Å². The van der Waals surface area contributed by atoms with Crippen molar-refractivity contribution in [1.82, 2.24) is 5.16 Å². The third kappa shape index (κ3) is 2.71. The Kier molecular flexibility index (Phi) is 3.99. The highest BCUT2D eigenvalue weighted by molar-refractivity contribution is 6.30. The van der Waals surface area contributed by atoms with Crippen molar-refractivity contribution >= 4 is 11.6 Å². The second-order valence-corrected chi connectivity index (χ2v) is 4.55. The molecule has 2 aromatic rings. The Morgan fingerprint density at radius 3 is 2.89 bits per heavy atom. The average molecular weight is 269 g/mol. The number of benzene rings is 1. The molecule has 0 saturated heterocycles. The van der Waals surface area contributed by atoms with Crippen LogP contribution in [0.15, 0.2) is 28.8 Å². The molecule has 1 unspecified atom stereocenters. The first-order chi connectivity index (χ1) is 8.61. The van der Waals surface area contributed by atoms with Crippen LogP contribution in [0.5, 0.6) is 0 Å². The van der Waals surface area contributed by atoms with Crippen molar-refractivity contribution in [2.24, 2.45) is 5.73 Å². The van der Waals surface area contributed by atoms with E-state index < -0.39 is 5.82 Å². The molecule has 1 aromatic heterocycles. The number of nitrogens with zero attached hydrogens (tertiary/aromatic N) is 1. The lowest BCUT2D eigenvalue weighted by Gasteiger charge is -2.03. The maximum Gasteiger partial charge on any atom is 0.154 e. The van der Waals surface area contributed by atoms with Gasteiger partial charge in [0, 0.05) is 11.6 Å². The Balaban J connectivity index is 2.26. The van der Waals surface area contributed by atoms with E-state index in [0.29, 0.717) is 17.0 Å². The molecule has 96 valence electrons. The summed E-state index contributed by atoms with van der Waals surface area (Å²) in [6.07, 6.45) is 1.79. The molecule has 3 nitrogen and oxygen atoms in total. The van der Waals surface area contributed by atoms with Crippen LogP contribution in [0.2, 0.25) is 5.02 Å². The van der Waals surface area contributed by atoms with Crippen molar-refractivity contribution in [2.45, 2.75) is 25.8 Å². The number of nitrogens with two attached hydrogens (primary N) is 1. The molecule has 5 heteroatoms. The molecule has 0 bridgehead atoms. The standard InChI is InChI=1S/C13H14ClFN2O/c1-2-3-11(16)13-7-12(17-18-13)8-4-5-9(14)10(15)6-8/h4-7,11H,2-3,16H2,1H3. The van der Waals surface area contributed by atoms with Gasteiger partial charge in [0.05, 0.1) is 11.1 Å². The minimum Gasteiger partial charge on any atom is -0.359 e. The molecule has 0 spiro atoms. The van der Waals surface area contributed by atoms with Gasteiger partial charge < -0.3 is 10.3 Å². The van der Waals surface area contributed by atoms with Crippen molar-refractivity contribution in [3.8, 4) is 11.3 Å². The SMILES string of the molecule is CCCC(N)c1cc(-c2ccc(Cl)c(F)c2)no1. The van der Waals surface area contributed by atoms with Gasteiger partial charge >= 0.3 is 0 Å². The Hall–Kier alpha value is -1.39. The van der Waals surface area contributed by atoms with Gasteiger partial charge in [-0.1, -0.05) is 36.2 Å². The van der Waals surface area contributed by atoms with Crippen LogP contribution in [0.4, 0.5) is 4.39 Å². The van der Waals surface area contributed by atoms with Crippen LogP contribution in [-0.2, 0) is 0 Å². The summed E-state index contributed by atoms with van der Waals surface area (Å²) in [7, 11) is 0. The number of halogens is 2. The Morgan fingerprint density at radius 2 is 2.22 bits per heavy atom. The van der Waals surface area contributed by atoms with Gasteiger partial charge in [-0.25, -0.2) is 4.39 Å². The lowest BCUT2D eigenvalue weighted by Crippen LogP contribution is -2.08. The number of hydrogen-bond acceptors (Lipinski definition) is 3. The van der Waals surface area contributed by atoms with Crippen LogP contribution >= 0.6 is 11.6 Å². The molecule has 0 aliphatic carbocycles. The molecule has 0 amide bonds. The molecule has 2 N–H and O–H groups in total. The first-order valence-corrected chi connectivity index (χ1v) is 6.17. The van der Waals surface area contributed by atoms with Crippen LogP contribution in [-0.4, -0.2) is 5.16 Å². The smallest absolute Gasteiger partial charge is 0.154 e. The maximum atomic E-state index is 13.3.